The molecule has 0 aromatic heterocycles. The second-order valence-corrected chi connectivity index (χ2v) is 6.81. The highest BCUT2D eigenvalue weighted by Gasteiger charge is 2.13. The van der Waals surface area contributed by atoms with Crippen molar-refractivity contribution < 1.29 is 4.74 Å². The van der Waals surface area contributed by atoms with Gasteiger partial charge in [-0.05, 0) is 39.2 Å². The standard InChI is InChI=1S/C23H22BrNO/c1-2-16-25(17-19-10-5-3-6-11-19)21-14-9-15-22(23(21)24)26-18-20-12-7-4-8-13-20/h2-15H,1,16-18H2. The summed E-state index contributed by atoms with van der Waals surface area (Å²) in [6.07, 6.45) is 1.92. The van der Waals surface area contributed by atoms with E-state index in [4.69, 9.17) is 4.74 Å². The minimum atomic E-state index is 0.545. The number of benzene rings is 3. The Morgan fingerprint density at radius 2 is 1.50 bits per heavy atom. The predicted molar refractivity (Wildman–Crippen MR) is 113 cm³/mol. The smallest absolute Gasteiger partial charge is 0.136 e. The third kappa shape index (κ3) is 4.77. The molecule has 26 heavy (non-hydrogen) atoms. The number of nitrogens with zero attached hydrogens (tertiary/aromatic N) is 1. The molecule has 0 saturated heterocycles. The molecule has 0 aliphatic carbocycles. The number of rotatable bonds is 8. The van der Waals surface area contributed by atoms with Crippen LogP contribution in [0.5, 0.6) is 5.75 Å². The fraction of sp³-hybridized carbons (Fsp3) is 0.130. The average Bonchev–Trinajstić information content (AvgIpc) is 2.68. The van der Waals surface area contributed by atoms with Crippen molar-refractivity contribution in [3.63, 3.8) is 0 Å². The van der Waals surface area contributed by atoms with Crippen LogP contribution in [0.25, 0.3) is 0 Å². The molecule has 2 nitrogen and oxygen atoms in total. The van der Waals surface area contributed by atoms with Gasteiger partial charge < -0.3 is 9.64 Å². The lowest BCUT2D eigenvalue weighted by Crippen LogP contribution is -2.23. The van der Waals surface area contributed by atoms with Crippen molar-refractivity contribution in [2.24, 2.45) is 0 Å². The lowest BCUT2D eigenvalue weighted by atomic mass is 10.2. The minimum absolute atomic E-state index is 0.545. The van der Waals surface area contributed by atoms with Crippen molar-refractivity contribution >= 4 is 21.6 Å². The van der Waals surface area contributed by atoms with Crippen molar-refractivity contribution in [2.45, 2.75) is 13.2 Å². The Morgan fingerprint density at radius 3 is 2.15 bits per heavy atom. The molecule has 0 aliphatic rings. The van der Waals surface area contributed by atoms with Gasteiger partial charge in [-0.25, -0.2) is 0 Å². The highest BCUT2D eigenvalue weighted by atomic mass is 79.9. The zero-order valence-corrected chi connectivity index (χ0v) is 16.2. The van der Waals surface area contributed by atoms with Crippen LogP contribution in [-0.2, 0) is 13.2 Å². The van der Waals surface area contributed by atoms with Crippen molar-refractivity contribution in [2.75, 3.05) is 11.4 Å². The van der Waals surface area contributed by atoms with Gasteiger partial charge in [-0.2, -0.15) is 0 Å². The maximum Gasteiger partial charge on any atom is 0.136 e. The lowest BCUT2D eigenvalue weighted by molar-refractivity contribution is 0.304. The highest BCUT2D eigenvalue weighted by Crippen LogP contribution is 2.36. The van der Waals surface area contributed by atoms with Crippen LogP contribution in [-0.4, -0.2) is 6.54 Å². The molecule has 0 aliphatic heterocycles. The molecular weight excluding hydrogens is 386 g/mol. The van der Waals surface area contributed by atoms with Gasteiger partial charge in [0.15, 0.2) is 0 Å². The third-order valence-corrected chi connectivity index (χ3v) is 4.88. The van der Waals surface area contributed by atoms with E-state index in [-0.39, 0.29) is 0 Å². The van der Waals surface area contributed by atoms with Crippen molar-refractivity contribution in [3.05, 3.63) is 107 Å². The molecule has 0 spiro atoms. The number of ether oxygens (including phenoxy) is 1. The molecule has 0 saturated carbocycles. The first-order chi connectivity index (χ1) is 12.8. The fourth-order valence-electron chi connectivity index (χ4n) is 2.80. The second-order valence-electron chi connectivity index (χ2n) is 6.02. The van der Waals surface area contributed by atoms with Gasteiger partial charge in [0.05, 0.1) is 10.2 Å². The Kier molecular flexibility index (Phi) is 6.50. The summed E-state index contributed by atoms with van der Waals surface area (Å²) < 4.78 is 7.01. The molecule has 0 radical (unpaired) electrons. The van der Waals surface area contributed by atoms with Crippen molar-refractivity contribution in [1.29, 1.82) is 0 Å². The van der Waals surface area contributed by atoms with Crippen LogP contribution >= 0.6 is 15.9 Å². The van der Waals surface area contributed by atoms with Gasteiger partial charge in [0, 0.05) is 13.1 Å². The van der Waals surface area contributed by atoms with E-state index in [9.17, 15) is 0 Å². The minimum Gasteiger partial charge on any atom is -0.488 e. The van der Waals surface area contributed by atoms with E-state index in [1.807, 2.05) is 42.5 Å². The first kappa shape index (κ1) is 18.3. The lowest BCUT2D eigenvalue weighted by Gasteiger charge is -2.25. The molecule has 0 N–H and O–H groups in total. The van der Waals surface area contributed by atoms with E-state index in [0.717, 1.165) is 34.6 Å². The average molecular weight is 408 g/mol. The van der Waals surface area contributed by atoms with Crippen LogP contribution in [0, 0.1) is 0 Å². The van der Waals surface area contributed by atoms with Crippen LogP contribution in [0.4, 0.5) is 5.69 Å². The van der Waals surface area contributed by atoms with Crippen LogP contribution < -0.4 is 9.64 Å². The molecule has 3 aromatic carbocycles. The van der Waals surface area contributed by atoms with Crippen molar-refractivity contribution in [3.8, 4) is 5.75 Å². The Labute approximate surface area is 163 Å². The van der Waals surface area contributed by atoms with E-state index in [1.54, 1.807) is 0 Å². The van der Waals surface area contributed by atoms with Gasteiger partial charge in [-0.1, -0.05) is 72.8 Å². The summed E-state index contributed by atoms with van der Waals surface area (Å²) in [5, 5.41) is 0. The highest BCUT2D eigenvalue weighted by molar-refractivity contribution is 9.10. The van der Waals surface area contributed by atoms with E-state index >= 15 is 0 Å². The molecule has 0 atom stereocenters. The molecular formula is C23H22BrNO. The second kappa shape index (κ2) is 9.25. The molecule has 3 rings (SSSR count). The molecule has 132 valence electrons. The summed E-state index contributed by atoms with van der Waals surface area (Å²) in [5.74, 6) is 0.841. The molecule has 0 bridgehead atoms. The summed E-state index contributed by atoms with van der Waals surface area (Å²) in [4.78, 5) is 2.28. The maximum absolute atomic E-state index is 6.04. The van der Waals surface area contributed by atoms with Gasteiger partial charge in [0.1, 0.15) is 12.4 Å². The zero-order valence-electron chi connectivity index (χ0n) is 14.6. The SMILES string of the molecule is C=CCN(Cc1ccccc1)c1cccc(OCc2ccccc2)c1Br. The van der Waals surface area contributed by atoms with E-state index < -0.39 is 0 Å². The first-order valence-corrected chi connectivity index (χ1v) is 9.42. The quantitative estimate of drug-likeness (QED) is 0.410. The molecule has 0 unspecified atom stereocenters. The summed E-state index contributed by atoms with van der Waals surface area (Å²) in [6.45, 7) is 6.02. The van der Waals surface area contributed by atoms with Crippen LogP contribution in [0.2, 0.25) is 0 Å². The maximum atomic E-state index is 6.04. The van der Waals surface area contributed by atoms with Gasteiger partial charge >= 0.3 is 0 Å². The van der Waals surface area contributed by atoms with Crippen LogP contribution in [0.1, 0.15) is 11.1 Å². The molecule has 0 heterocycles. The van der Waals surface area contributed by atoms with Gasteiger partial charge in [0.2, 0.25) is 0 Å². The Bertz CT molecular complexity index is 833. The topological polar surface area (TPSA) is 12.5 Å². The van der Waals surface area contributed by atoms with Crippen molar-refractivity contribution in [1.82, 2.24) is 0 Å². The largest absolute Gasteiger partial charge is 0.488 e. The zero-order chi connectivity index (χ0) is 18.2. The number of anilines is 1. The summed E-state index contributed by atoms with van der Waals surface area (Å²) in [5.41, 5.74) is 3.51. The summed E-state index contributed by atoms with van der Waals surface area (Å²) in [7, 11) is 0. The molecule has 3 heteroatoms. The third-order valence-electron chi connectivity index (χ3n) is 4.09. The van der Waals surface area contributed by atoms with Gasteiger partial charge in [-0.3, -0.25) is 0 Å². The normalized spacial score (nSPS) is 10.3. The van der Waals surface area contributed by atoms with Crippen LogP contribution in [0.15, 0.2) is 96.0 Å². The predicted octanol–water partition coefficient (Wildman–Crippen LogP) is 6.22. The fourth-order valence-corrected chi connectivity index (χ4v) is 3.43. The van der Waals surface area contributed by atoms with E-state index in [0.29, 0.717) is 6.61 Å². The monoisotopic (exact) mass is 407 g/mol. The van der Waals surface area contributed by atoms with Gasteiger partial charge in [0.25, 0.3) is 0 Å². The van der Waals surface area contributed by atoms with E-state index in [2.05, 4.69) is 69.9 Å². The summed E-state index contributed by atoms with van der Waals surface area (Å²) >= 11 is 3.74. The van der Waals surface area contributed by atoms with Gasteiger partial charge in [-0.15, -0.1) is 6.58 Å². The Balaban J connectivity index is 1.80. The summed E-state index contributed by atoms with van der Waals surface area (Å²) in [6, 6.07) is 26.8. The number of hydrogen-bond acceptors (Lipinski definition) is 2. The Morgan fingerprint density at radius 1 is 0.846 bits per heavy atom. The van der Waals surface area contributed by atoms with E-state index in [1.165, 1.54) is 5.56 Å². The molecule has 3 aromatic rings. The molecule has 0 fully saturated rings. The molecule has 0 amide bonds. The van der Waals surface area contributed by atoms with Crippen LogP contribution in [0.3, 0.4) is 0 Å². The number of halogens is 1. The number of hydrogen-bond donors (Lipinski definition) is 0. The first-order valence-electron chi connectivity index (χ1n) is 8.63. The Hall–Kier alpha value is -2.52.